The van der Waals surface area contributed by atoms with E-state index in [1.54, 1.807) is 6.92 Å². The molecule has 2 N–H and O–H groups in total. The van der Waals surface area contributed by atoms with Crippen molar-refractivity contribution >= 4 is 5.97 Å². The highest BCUT2D eigenvalue weighted by molar-refractivity contribution is 5.72. The van der Waals surface area contributed by atoms with Gasteiger partial charge in [-0.2, -0.15) is 0 Å². The maximum absolute atomic E-state index is 13.1. The molecule has 0 aliphatic rings. The molecule has 0 aromatic carbocycles. The number of nitrogens with one attached hydrogen (secondary N) is 1. The predicted molar refractivity (Wildman–Crippen MR) is 40.0 cm³/mol. The Balaban J connectivity index is 3.93. The van der Waals surface area contributed by atoms with Crippen molar-refractivity contribution in [1.82, 2.24) is 5.32 Å². The molecule has 0 heterocycles. The molecule has 2 atom stereocenters. The molecule has 3 nitrogen and oxygen atoms in total. The molecular formula is C7H14FNO2. The van der Waals surface area contributed by atoms with E-state index in [0.29, 0.717) is 0 Å². The zero-order valence-corrected chi connectivity index (χ0v) is 7.02. The quantitative estimate of drug-likeness (QED) is 0.611. The van der Waals surface area contributed by atoms with E-state index in [1.165, 1.54) is 13.8 Å². The van der Waals surface area contributed by atoms with E-state index in [9.17, 15) is 9.18 Å². The Morgan fingerprint density at radius 3 is 2.55 bits per heavy atom. The predicted octanol–water partition coefficient (Wildman–Crippen LogP) is 1.14. The van der Waals surface area contributed by atoms with Gasteiger partial charge in [-0.1, -0.05) is 6.92 Å². The van der Waals surface area contributed by atoms with Gasteiger partial charge < -0.3 is 5.11 Å². The number of carboxylic acid groups (broad SMARTS) is 1. The van der Waals surface area contributed by atoms with Gasteiger partial charge in [0.15, 0.2) is 5.79 Å². The fourth-order valence-corrected chi connectivity index (χ4v) is 0.615. The number of aliphatic carboxylic acids is 1. The lowest BCUT2D eigenvalue weighted by Gasteiger charge is -2.22. The summed E-state index contributed by atoms with van der Waals surface area (Å²) in [6, 6.07) is -0.843. The van der Waals surface area contributed by atoms with Crippen LogP contribution in [0.4, 0.5) is 4.39 Å². The molecule has 4 heteroatoms. The largest absolute Gasteiger partial charge is 0.480 e. The van der Waals surface area contributed by atoms with Crippen LogP contribution in [0.15, 0.2) is 0 Å². The second kappa shape index (κ2) is 3.67. The van der Waals surface area contributed by atoms with Gasteiger partial charge in [0, 0.05) is 0 Å². The number of hydrogen-bond acceptors (Lipinski definition) is 2. The van der Waals surface area contributed by atoms with Crippen LogP contribution in [0.25, 0.3) is 0 Å². The van der Waals surface area contributed by atoms with Crippen molar-refractivity contribution in [2.45, 2.75) is 39.0 Å². The summed E-state index contributed by atoms with van der Waals surface area (Å²) < 4.78 is 13.1. The van der Waals surface area contributed by atoms with Crippen LogP contribution in [0.5, 0.6) is 0 Å². The minimum absolute atomic E-state index is 0.255. The molecule has 0 aliphatic heterocycles. The smallest absolute Gasteiger partial charge is 0.320 e. The van der Waals surface area contributed by atoms with Crippen molar-refractivity contribution in [3.63, 3.8) is 0 Å². The van der Waals surface area contributed by atoms with E-state index in [-0.39, 0.29) is 6.42 Å². The van der Waals surface area contributed by atoms with Crippen molar-refractivity contribution in [3.05, 3.63) is 0 Å². The third-order valence-corrected chi connectivity index (χ3v) is 1.55. The molecule has 11 heavy (non-hydrogen) atoms. The van der Waals surface area contributed by atoms with Crippen LogP contribution < -0.4 is 5.32 Å². The molecule has 0 rings (SSSR count). The summed E-state index contributed by atoms with van der Waals surface area (Å²) in [6.07, 6.45) is 0.255. The van der Waals surface area contributed by atoms with Crippen LogP contribution in [-0.2, 0) is 4.79 Å². The number of rotatable bonds is 4. The summed E-state index contributed by atoms with van der Waals surface area (Å²) in [5, 5.41) is 10.8. The molecule has 0 amide bonds. The van der Waals surface area contributed by atoms with E-state index in [4.69, 9.17) is 5.11 Å². The maximum atomic E-state index is 13.1. The van der Waals surface area contributed by atoms with Crippen molar-refractivity contribution in [2.75, 3.05) is 0 Å². The molecular weight excluding hydrogens is 149 g/mol. The Bertz CT molecular complexity index is 147. The zero-order valence-electron chi connectivity index (χ0n) is 7.02. The first kappa shape index (κ1) is 10.4. The van der Waals surface area contributed by atoms with Gasteiger partial charge in [-0.3, -0.25) is 10.1 Å². The fourth-order valence-electron chi connectivity index (χ4n) is 0.615. The molecule has 0 bridgehead atoms. The highest BCUT2D eigenvalue weighted by Crippen LogP contribution is 2.10. The van der Waals surface area contributed by atoms with Crippen molar-refractivity contribution in [1.29, 1.82) is 0 Å². The second-order valence-corrected chi connectivity index (χ2v) is 2.76. The molecule has 0 saturated carbocycles. The number of carbonyl (C=O) groups is 1. The zero-order chi connectivity index (χ0) is 9.07. The monoisotopic (exact) mass is 163 g/mol. The summed E-state index contributed by atoms with van der Waals surface area (Å²) in [5.41, 5.74) is 0. The number of alkyl halides is 1. The van der Waals surface area contributed by atoms with Gasteiger partial charge in [-0.05, 0) is 20.3 Å². The Kier molecular flexibility index (Phi) is 3.45. The van der Waals surface area contributed by atoms with Crippen LogP contribution in [-0.4, -0.2) is 22.9 Å². The average molecular weight is 163 g/mol. The van der Waals surface area contributed by atoms with Gasteiger partial charge in [0.25, 0.3) is 0 Å². The normalized spacial score (nSPS) is 18.9. The minimum Gasteiger partial charge on any atom is -0.480 e. The summed E-state index contributed by atoms with van der Waals surface area (Å²) in [6.45, 7) is 4.39. The van der Waals surface area contributed by atoms with Gasteiger partial charge in [0.05, 0.1) is 0 Å². The molecule has 0 aliphatic carbocycles. The first-order valence-electron chi connectivity index (χ1n) is 3.58. The van der Waals surface area contributed by atoms with Crippen LogP contribution in [0.2, 0.25) is 0 Å². The molecule has 0 aromatic rings. The highest BCUT2D eigenvalue weighted by atomic mass is 19.1. The van der Waals surface area contributed by atoms with Gasteiger partial charge in [-0.25, -0.2) is 4.39 Å². The summed E-state index contributed by atoms with van der Waals surface area (Å²) in [5.74, 6) is -2.63. The van der Waals surface area contributed by atoms with E-state index in [1.807, 2.05) is 0 Å². The van der Waals surface area contributed by atoms with Crippen LogP contribution in [0.1, 0.15) is 27.2 Å². The average Bonchev–Trinajstić information content (AvgIpc) is 1.87. The fraction of sp³-hybridized carbons (Fsp3) is 0.857. The lowest BCUT2D eigenvalue weighted by atomic mass is 10.2. The Hall–Kier alpha value is -0.640. The van der Waals surface area contributed by atoms with E-state index in [0.717, 1.165) is 0 Å². The lowest BCUT2D eigenvalue weighted by Crippen LogP contribution is -2.46. The highest BCUT2D eigenvalue weighted by Gasteiger charge is 2.25. The first-order valence-corrected chi connectivity index (χ1v) is 3.58. The van der Waals surface area contributed by atoms with Gasteiger partial charge in [-0.15, -0.1) is 0 Å². The van der Waals surface area contributed by atoms with Crippen molar-refractivity contribution < 1.29 is 14.3 Å². The van der Waals surface area contributed by atoms with E-state index in [2.05, 4.69) is 5.32 Å². The topological polar surface area (TPSA) is 49.3 Å². The van der Waals surface area contributed by atoms with Crippen LogP contribution in [0.3, 0.4) is 0 Å². The Morgan fingerprint density at radius 2 is 2.27 bits per heavy atom. The van der Waals surface area contributed by atoms with E-state index < -0.39 is 17.8 Å². The van der Waals surface area contributed by atoms with Crippen LogP contribution >= 0.6 is 0 Å². The van der Waals surface area contributed by atoms with Gasteiger partial charge in [0.2, 0.25) is 0 Å². The molecule has 1 unspecified atom stereocenters. The van der Waals surface area contributed by atoms with Gasteiger partial charge in [0.1, 0.15) is 6.04 Å². The number of halogens is 1. The molecule has 66 valence electrons. The van der Waals surface area contributed by atoms with Crippen molar-refractivity contribution in [2.24, 2.45) is 0 Å². The SMILES string of the molecule is CCC(C)(F)N[C@H](C)C(=O)O. The standard InChI is InChI=1S/C7H14FNO2/c1-4-7(3,8)9-5(2)6(10)11/h5,9H,4H2,1-3H3,(H,10,11)/t5-,7?/m1/s1. The minimum atomic E-state index is -1.59. The Labute approximate surface area is 65.6 Å². The summed E-state index contributed by atoms with van der Waals surface area (Å²) in [7, 11) is 0. The summed E-state index contributed by atoms with van der Waals surface area (Å²) >= 11 is 0. The molecule has 0 spiro atoms. The van der Waals surface area contributed by atoms with Crippen LogP contribution in [0, 0.1) is 0 Å². The lowest BCUT2D eigenvalue weighted by molar-refractivity contribution is -0.140. The molecule has 0 radical (unpaired) electrons. The third-order valence-electron chi connectivity index (χ3n) is 1.55. The third kappa shape index (κ3) is 3.93. The molecule has 0 fully saturated rings. The molecule has 0 saturated heterocycles. The van der Waals surface area contributed by atoms with Gasteiger partial charge >= 0.3 is 5.97 Å². The number of hydrogen-bond donors (Lipinski definition) is 2. The summed E-state index contributed by atoms with van der Waals surface area (Å²) in [4.78, 5) is 10.3. The second-order valence-electron chi connectivity index (χ2n) is 2.76. The van der Waals surface area contributed by atoms with E-state index >= 15 is 0 Å². The van der Waals surface area contributed by atoms with Crippen molar-refractivity contribution in [3.8, 4) is 0 Å². The number of carboxylic acids is 1. The maximum Gasteiger partial charge on any atom is 0.320 e. The first-order chi connectivity index (χ1) is 4.89. The molecule has 0 aromatic heterocycles. The Morgan fingerprint density at radius 1 is 1.82 bits per heavy atom.